The van der Waals surface area contributed by atoms with Crippen LogP contribution in [0.2, 0.25) is 5.02 Å². The van der Waals surface area contributed by atoms with Crippen LogP contribution in [-0.2, 0) is 0 Å². The molecule has 0 aliphatic carbocycles. The minimum absolute atomic E-state index is 0.513. The molecule has 0 aliphatic heterocycles. The van der Waals surface area contributed by atoms with Gasteiger partial charge >= 0.3 is 0 Å². The van der Waals surface area contributed by atoms with Crippen LogP contribution in [0.5, 0.6) is 0 Å². The lowest BCUT2D eigenvalue weighted by molar-refractivity contribution is 0.199. The molecule has 0 saturated carbocycles. The van der Waals surface area contributed by atoms with Crippen LogP contribution < -0.4 is 0 Å². The number of nitrogens with zero attached hydrogens (tertiary/aromatic N) is 3. The van der Waals surface area contributed by atoms with Crippen LogP contribution in [0.25, 0.3) is 5.69 Å². The average molecular weight is 262 g/mol. The number of hydrogen-bond donors (Lipinski definition) is 1. The molecule has 1 atom stereocenters. The van der Waals surface area contributed by atoms with Crippen LogP contribution in [0.1, 0.15) is 29.8 Å². The van der Waals surface area contributed by atoms with Crippen LogP contribution in [-0.4, -0.2) is 14.9 Å². The topological polar surface area (TPSA) is 61.8 Å². The molecule has 0 radical (unpaired) electrons. The van der Waals surface area contributed by atoms with E-state index in [9.17, 15) is 5.11 Å². The molecule has 1 aromatic carbocycles. The molecule has 0 amide bonds. The lowest BCUT2D eigenvalue weighted by Gasteiger charge is -2.12. The van der Waals surface area contributed by atoms with Gasteiger partial charge in [0.25, 0.3) is 0 Å². The van der Waals surface area contributed by atoms with E-state index in [-0.39, 0.29) is 0 Å². The van der Waals surface area contributed by atoms with E-state index in [0.29, 0.717) is 27.5 Å². The Kier molecular flexibility index (Phi) is 3.37. The Hall–Kier alpha value is -1.83. The molecule has 2 aromatic rings. The number of aryl methyl sites for hydroxylation is 1. The molecule has 0 aliphatic rings. The molecule has 2 rings (SSSR count). The van der Waals surface area contributed by atoms with Gasteiger partial charge in [-0.3, -0.25) is 0 Å². The number of nitriles is 1. The third-order valence-electron chi connectivity index (χ3n) is 2.70. The molecule has 0 fully saturated rings. The van der Waals surface area contributed by atoms with Gasteiger partial charge in [0.15, 0.2) is 0 Å². The molecule has 0 saturated heterocycles. The van der Waals surface area contributed by atoms with E-state index in [4.69, 9.17) is 16.9 Å². The number of aromatic nitrogens is 2. The van der Waals surface area contributed by atoms with Gasteiger partial charge in [-0.25, -0.2) is 4.68 Å². The van der Waals surface area contributed by atoms with Crippen molar-refractivity contribution >= 4 is 11.6 Å². The highest BCUT2D eigenvalue weighted by molar-refractivity contribution is 6.31. The number of hydrogen-bond acceptors (Lipinski definition) is 3. The smallest absolute Gasteiger partial charge is 0.0992 e. The number of aliphatic hydroxyl groups is 1. The second kappa shape index (κ2) is 4.81. The summed E-state index contributed by atoms with van der Waals surface area (Å²) in [5, 5.41) is 23.5. The van der Waals surface area contributed by atoms with Gasteiger partial charge < -0.3 is 5.11 Å². The van der Waals surface area contributed by atoms with Crippen molar-refractivity contribution in [3.63, 3.8) is 0 Å². The number of benzene rings is 1. The highest BCUT2D eigenvalue weighted by Gasteiger charge is 2.13. The molecule has 1 N–H and O–H groups in total. The zero-order valence-electron chi connectivity index (χ0n) is 10.1. The number of rotatable bonds is 2. The zero-order valence-corrected chi connectivity index (χ0v) is 10.8. The third-order valence-corrected chi connectivity index (χ3v) is 3.07. The fraction of sp³-hybridized carbons (Fsp3) is 0.231. The lowest BCUT2D eigenvalue weighted by atomic mass is 10.1. The lowest BCUT2D eigenvalue weighted by Crippen LogP contribution is -2.04. The first-order valence-corrected chi connectivity index (χ1v) is 5.85. The second-order valence-electron chi connectivity index (χ2n) is 4.07. The number of halogens is 1. The molecule has 4 nitrogen and oxygen atoms in total. The van der Waals surface area contributed by atoms with E-state index in [1.54, 1.807) is 42.9 Å². The molecule has 5 heteroatoms. The van der Waals surface area contributed by atoms with E-state index in [1.165, 1.54) is 0 Å². The van der Waals surface area contributed by atoms with Gasteiger partial charge in [-0.15, -0.1) is 0 Å². The van der Waals surface area contributed by atoms with E-state index >= 15 is 0 Å². The Labute approximate surface area is 110 Å². The largest absolute Gasteiger partial charge is 0.389 e. The van der Waals surface area contributed by atoms with Crippen molar-refractivity contribution in [1.82, 2.24) is 9.78 Å². The first kappa shape index (κ1) is 12.6. The SMILES string of the molecule is Cc1nn(-c2cc(C#N)ccc2[C@@H](C)O)cc1Cl. The minimum atomic E-state index is -0.643. The summed E-state index contributed by atoms with van der Waals surface area (Å²) < 4.78 is 1.58. The molecule has 1 heterocycles. The predicted octanol–water partition coefficient (Wildman–Crippen LogP) is 2.76. The van der Waals surface area contributed by atoms with Crippen LogP contribution in [0, 0.1) is 18.3 Å². The zero-order chi connectivity index (χ0) is 13.3. The molecule has 18 heavy (non-hydrogen) atoms. The summed E-state index contributed by atoms with van der Waals surface area (Å²) in [5.41, 5.74) is 2.58. The van der Waals surface area contributed by atoms with E-state index < -0.39 is 6.10 Å². The normalized spacial score (nSPS) is 12.2. The monoisotopic (exact) mass is 261 g/mol. The first-order chi connectivity index (χ1) is 8.52. The van der Waals surface area contributed by atoms with E-state index in [1.807, 2.05) is 0 Å². The van der Waals surface area contributed by atoms with Crippen LogP contribution in [0.4, 0.5) is 0 Å². The van der Waals surface area contributed by atoms with Gasteiger partial charge in [-0.2, -0.15) is 10.4 Å². The van der Waals surface area contributed by atoms with Gasteiger partial charge in [0.05, 0.1) is 34.1 Å². The average Bonchev–Trinajstić information content (AvgIpc) is 2.68. The van der Waals surface area contributed by atoms with E-state index in [0.717, 1.165) is 0 Å². The molecule has 0 bridgehead atoms. The summed E-state index contributed by atoms with van der Waals surface area (Å²) in [7, 11) is 0. The Bertz CT molecular complexity index is 606. The van der Waals surface area contributed by atoms with Crippen molar-refractivity contribution in [3.8, 4) is 11.8 Å². The summed E-state index contributed by atoms with van der Waals surface area (Å²) in [6, 6.07) is 7.15. The molecule has 92 valence electrons. The second-order valence-corrected chi connectivity index (χ2v) is 4.48. The van der Waals surface area contributed by atoms with Gasteiger partial charge in [-0.05, 0) is 26.0 Å². The van der Waals surface area contributed by atoms with Crippen LogP contribution in [0.3, 0.4) is 0 Å². The highest BCUT2D eigenvalue weighted by atomic mass is 35.5. The molecule has 0 spiro atoms. The van der Waals surface area contributed by atoms with Crippen molar-refractivity contribution in [1.29, 1.82) is 5.26 Å². The summed E-state index contributed by atoms with van der Waals surface area (Å²) >= 11 is 5.97. The van der Waals surface area contributed by atoms with Gasteiger partial charge in [0.2, 0.25) is 0 Å². The highest BCUT2D eigenvalue weighted by Crippen LogP contribution is 2.24. The van der Waals surface area contributed by atoms with Gasteiger partial charge in [0.1, 0.15) is 0 Å². The maximum atomic E-state index is 9.75. The fourth-order valence-electron chi connectivity index (χ4n) is 1.73. The van der Waals surface area contributed by atoms with E-state index in [2.05, 4.69) is 11.2 Å². The van der Waals surface area contributed by atoms with Gasteiger partial charge in [-0.1, -0.05) is 17.7 Å². The summed E-state index contributed by atoms with van der Waals surface area (Å²) in [6.07, 6.45) is 1.02. The Morgan fingerprint density at radius 2 is 2.22 bits per heavy atom. The summed E-state index contributed by atoms with van der Waals surface area (Å²) in [6.45, 7) is 3.47. The third kappa shape index (κ3) is 2.23. The quantitative estimate of drug-likeness (QED) is 0.904. The minimum Gasteiger partial charge on any atom is -0.389 e. The maximum absolute atomic E-state index is 9.75. The van der Waals surface area contributed by atoms with Crippen molar-refractivity contribution < 1.29 is 5.11 Å². The van der Waals surface area contributed by atoms with Crippen LogP contribution >= 0.6 is 11.6 Å². The molecular weight excluding hydrogens is 250 g/mol. The number of aliphatic hydroxyl groups excluding tert-OH is 1. The van der Waals surface area contributed by atoms with Crippen molar-refractivity contribution in [2.24, 2.45) is 0 Å². The van der Waals surface area contributed by atoms with Crippen molar-refractivity contribution in [2.75, 3.05) is 0 Å². The fourth-order valence-corrected chi connectivity index (χ4v) is 1.86. The molecular formula is C13H12ClN3O. The Morgan fingerprint density at radius 3 is 2.72 bits per heavy atom. The molecule has 0 unspecified atom stereocenters. The van der Waals surface area contributed by atoms with Crippen molar-refractivity contribution in [3.05, 3.63) is 46.2 Å². The first-order valence-electron chi connectivity index (χ1n) is 5.47. The van der Waals surface area contributed by atoms with Gasteiger partial charge in [0, 0.05) is 11.8 Å². The van der Waals surface area contributed by atoms with Crippen LogP contribution in [0.15, 0.2) is 24.4 Å². The van der Waals surface area contributed by atoms with Crippen molar-refractivity contribution in [2.45, 2.75) is 20.0 Å². The Balaban J connectivity index is 2.64. The molecule has 1 aromatic heterocycles. The Morgan fingerprint density at radius 1 is 1.50 bits per heavy atom. The summed E-state index contributed by atoms with van der Waals surface area (Å²) in [4.78, 5) is 0. The standard InChI is InChI=1S/C13H12ClN3O/c1-8-12(14)7-17(16-8)13-5-10(6-15)3-4-11(13)9(2)18/h3-5,7,9,18H,1-2H3/t9-/m1/s1. The maximum Gasteiger partial charge on any atom is 0.0992 e. The predicted molar refractivity (Wildman–Crippen MR) is 68.7 cm³/mol. The summed E-state index contributed by atoms with van der Waals surface area (Å²) in [5.74, 6) is 0.